The fourth-order valence-electron chi connectivity index (χ4n) is 3.91. The quantitative estimate of drug-likeness (QED) is 0.353. The molecule has 0 bridgehead atoms. The number of imide groups is 1. The average molecular weight is 508 g/mol. The maximum absolute atomic E-state index is 13.6. The monoisotopic (exact) mass is 507 g/mol. The standard InChI is InChI=1S/C23H20Cl2FN3O5/c1-22(2,11-26)20(32)34-10-13-4-3-5-14-17(13)29(9-12-6-7-15(24)16(25)8-12)19(31)23(14)18(30)27-21(33)28-23/h3-8H,9-11H2,1-2H3,(H2,27,28,30,33). The molecule has 0 aromatic heterocycles. The Balaban J connectivity index is 1.78. The first-order valence-corrected chi connectivity index (χ1v) is 11.0. The SMILES string of the molecule is CC(C)(CF)C(=O)OCc1cccc2c1N(Cc1ccc(Cl)c(Cl)c1)C(=O)C21NC(=O)NC1=O. The number of para-hydroxylation sites is 1. The van der Waals surface area contributed by atoms with Crippen LogP contribution in [0.25, 0.3) is 0 Å². The third-order valence-electron chi connectivity index (χ3n) is 5.80. The van der Waals surface area contributed by atoms with Gasteiger partial charge >= 0.3 is 12.0 Å². The van der Waals surface area contributed by atoms with Crippen molar-refractivity contribution < 1.29 is 28.3 Å². The van der Waals surface area contributed by atoms with Gasteiger partial charge in [-0.2, -0.15) is 0 Å². The number of halogens is 3. The first-order valence-electron chi connectivity index (χ1n) is 10.3. The number of nitrogens with zero attached hydrogens (tertiary/aromatic N) is 1. The highest BCUT2D eigenvalue weighted by Crippen LogP contribution is 2.45. The van der Waals surface area contributed by atoms with Gasteiger partial charge in [-0.15, -0.1) is 0 Å². The summed E-state index contributed by atoms with van der Waals surface area (Å²) in [5.41, 5.74) is -1.74. The lowest BCUT2D eigenvalue weighted by molar-refractivity contribution is -0.156. The van der Waals surface area contributed by atoms with Crippen LogP contribution in [0.1, 0.15) is 30.5 Å². The number of amides is 4. The Morgan fingerprint density at radius 1 is 1.15 bits per heavy atom. The van der Waals surface area contributed by atoms with Crippen LogP contribution in [0.3, 0.4) is 0 Å². The van der Waals surface area contributed by atoms with Crippen molar-refractivity contribution in [2.45, 2.75) is 32.5 Å². The molecular weight excluding hydrogens is 488 g/mol. The number of carbonyl (C=O) groups is 4. The minimum absolute atomic E-state index is 0.00540. The maximum atomic E-state index is 13.6. The summed E-state index contributed by atoms with van der Waals surface area (Å²) < 4.78 is 18.5. The fraction of sp³-hybridized carbons (Fsp3) is 0.304. The molecule has 2 aliphatic heterocycles. The molecule has 1 atom stereocenters. The largest absolute Gasteiger partial charge is 0.460 e. The van der Waals surface area contributed by atoms with Gasteiger partial charge in [0.25, 0.3) is 11.8 Å². The topological polar surface area (TPSA) is 105 Å². The van der Waals surface area contributed by atoms with Crippen molar-refractivity contribution in [3.05, 3.63) is 63.1 Å². The van der Waals surface area contributed by atoms with E-state index in [1.807, 2.05) is 0 Å². The van der Waals surface area contributed by atoms with Crippen LogP contribution >= 0.6 is 23.2 Å². The summed E-state index contributed by atoms with van der Waals surface area (Å²) in [5, 5.41) is 5.18. The van der Waals surface area contributed by atoms with E-state index in [0.29, 0.717) is 21.8 Å². The predicted octanol–water partition coefficient (Wildman–Crippen LogP) is 3.61. The summed E-state index contributed by atoms with van der Waals surface area (Å²) in [6, 6.07) is 8.78. The minimum atomic E-state index is -1.96. The molecule has 8 nitrogen and oxygen atoms in total. The third-order valence-corrected chi connectivity index (χ3v) is 6.54. The zero-order valence-electron chi connectivity index (χ0n) is 18.2. The molecule has 4 amide bonds. The number of benzene rings is 2. The molecule has 0 saturated carbocycles. The van der Waals surface area contributed by atoms with Crippen LogP contribution in [0.2, 0.25) is 10.0 Å². The number of urea groups is 1. The molecule has 0 radical (unpaired) electrons. The lowest BCUT2D eigenvalue weighted by Gasteiger charge is -2.23. The van der Waals surface area contributed by atoms with Crippen molar-refractivity contribution in [2.75, 3.05) is 11.6 Å². The van der Waals surface area contributed by atoms with Crippen LogP contribution < -0.4 is 15.5 Å². The van der Waals surface area contributed by atoms with Crippen LogP contribution in [0, 0.1) is 5.41 Å². The molecule has 11 heteroatoms. The molecule has 1 spiro atoms. The van der Waals surface area contributed by atoms with E-state index >= 15 is 0 Å². The highest BCUT2D eigenvalue weighted by atomic mass is 35.5. The Morgan fingerprint density at radius 3 is 2.50 bits per heavy atom. The Labute approximate surface area is 204 Å². The van der Waals surface area contributed by atoms with Crippen LogP contribution in [0.4, 0.5) is 14.9 Å². The van der Waals surface area contributed by atoms with E-state index in [1.54, 1.807) is 36.4 Å². The van der Waals surface area contributed by atoms with Gasteiger partial charge in [0.15, 0.2) is 0 Å². The van der Waals surface area contributed by atoms with E-state index in [9.17, 15) is 23.6 Å². The number of hydrogen-bond donors (Lipinski definition) is 2. The summed E-state index contributed by atoms with van der Waals surface area (Å²) in [7, 11) is 0. The average Bonchev–Trinajstić information content (AvgIpc) is 3.23. The zero-order chi connectivity index (χ0) is 24.8. The summed E-state index contributed by atoms with van der Waals surface area (Å²) in [4.78, 5) is 52.1. The zero-order valence-corrected chi connectivity index (χ0v) is 19.7. The Hall–Kier alpha value is -3.17. The van der Waals surface area contributed by atoms with Crippen molar-refractivity contribution >= 4 is 52.7 Å². The van der Waals surface area contributed by atoms with Gasteiger partial charge in [0.05, 0.1) is 27.7 Å². The van der Waals surface area contributed by atoms with Crippen molar-refractivity contribution in [3.8, 4) is 0 Å². The van der Waals surface area contributed by atoms with Crippen LogP contribution in [0.15, 0.2) is 36.4 Å². The van der Waals surface area contributed by atoms with Crippen LogP contribution in [-0.4, -0.2) is 30.5 Å². The van der Waals surface area contributed by atoms with Crippen molar-refractivity contribution in [1.29, 1.82) is 0 Å². The molecule has 1 fully saturated rings. The maximum Gasteiger partial charge on any atom is 0.323 e. The number of carbonyl (C=O) groups excluding carboxylic acids is 4. The Bertz CT molecular complexity index is 1240. The van der Waals surface area contributed by atoms with Crippen molar-refractivity contribution in [3.63, 3.8) is 0 Å². The summed E-state index contributed by atoms with van der Waals surface area (Å²) >= 11 is 12.1. The lowest BCUT2D eigenvalue weighted by atomic mass is 9.90. The van der Waals surface area contributed by atoms with Crippen molar-refractivity contribution in [1.82, 2.24) is 10.6 Å². The van der Waals surface area contributed by atoms with Gasteiger partial charge in [0, 0.05) is 11.1 Å². The first kappa shape index (κ1) is 24.0. The smallest absolute Gasteiger partial charge is 0.323 e. The van der Waals surface area contributed by atoms with Gasteiger partial charge in [-0.05, 0) is 31.5 Å². The number of nitrogens with one attached hydrogen (secondary N) is 2. The molecule has 1 saturated heterocycles. The minimum Gasteiger partial charge on any atom is -0.460 e. The number of esters is 1. The fourth-order valence-corrected chi connectivity index (χ4v) is 4.23. The molecule has 2 aromatic rings. The van der Waals surface area contributed by atoms with Crippen LogP contribution in [-0.2, 0) is 37.8 Å². The van der Waals surface area contributed by atoms with E-state index in [0.717, 1.165) is 0 Å². The molecule has 2 N–H and O–H groups in total. The van der Waals surface area contributed by atoms with E-state index in [4.69, 9.17) is 27.9 Å². The molecule has 4 rings (SSSR count). The normalized spacial score (nSPS) is 19.3. The molecular formula is C23H20Cl2FN3O5. The van der Waals surface area contributed by atoms with E-state index < -0.39 is 41.4 Å². The number of ether oxygens (including phenoxy) is 1. The second-order valence-corrected chi connectivity index (χ2v) is 9.52. The molecule has 2 aromatic carbocycles. The van der Waals surface area contributed by atoms with Gasteiger partial charge in [-0.3, -0.25) is 19.7 Å². The van der Waals surface area contributed by atoms with E-state index in [-0.39, 0.29) is 23.7 Å². The predicted molar refractivity (Wildman–Crippen MR) is 122 cm³/mol. The second kappa shape index (κ2) is 8.56. The molecule has 2 heterocycles. The number of rotatable bonds is 6. The highest BCUT2D eigenvalue weighted by molar-refractivity contribution is 6.42. The summed E-state index contributed by atoms with van der Waals surface area (Å²) in [6.45, 7) is 1.64. The molecule has 1 unspecified atom stereocenters. The molecule has 34 heavy (non-hydrogen) atoms. The summed E-state index contributed by atoms with van der Waals surface area (Å²) in [5.74, 6) is -2.25. The van der Waals surface area contributed by atoms with E-state index in [2.05, 4.69) is 10.6 Å². The summed E-state index contributed by atoms with van der Waals surface area (Å²) in [6.07, 6.45) is 0. The first-order chi connectivity index (χ1) is 16.0. The van der Waals surface area contributed by atoms with Gasteiger partial charge in [-0.1, -0.05) is 47.5 Å². The highest BCUT2D eigenvalue weighted by Gasteiger charge is 2.61. The number of hydrogen-bond acceptors (Lipinski definition) is 5. The number of anilines is 1. The molecule has 2 aliphatic rings. The Kier molecular flexibility index (Phi) is 6.03. The van der Waals surface area contributed by atoms with Gasteiger partial charge in [-0.25, -0.2) is 9.18 Å². The van der Waals surface area contributed by atoms with Crippen molar-refractivity contribution in [2.24, 2.45) is 5.41 Å². The second-order valence-electron chi connectivity index (χ2n) is 8.70. The molecule has 178 valence electrons. The Morgan fingerprint density at radius 2 is 1.88 bits per heavy atom. The lowest BCUT2D eigenvalue weighted by Crippen LogP contribution is -2.52. The van der Waals surface area contributed by atoms with Gasteiger partial charge < -0.3 is 15.0 Å². The number of alkyl halides is 1. The van der Waals surface area contributed by atoms with Gasteiger partial charge in [0.2, 0.25) is 5.54 Å². The third kappa shape index (κ3) is 3.78. The molecule has 0 aliphatic carbocycles. The van der Waals surface area contributed by atoms with E-state index in [1.165, 1.54) is 18.7 Å². The number of fused-ring (bicyclic) bond motifs is 2. The van der Waals surface area contributed by atoms with Crippen LogP contribution in [0.5, 0.6) is 0 Å². The van der Waals surface area contributed by atoms with Gasteiger partial charge in [0.1, 0.15) is 13.3 Å².